The van der Waals surface area contributed by atoms with Crippen LogP contribution in [0.1, 0.15) is 16.7 Å². The third kappa shape index (κ3) is 6.00. The molecule has 2 aromatic rings. The molecule has 1 aliphatic heterocycles. The average molecular weight is 491 g/mol. The topological polar surface area (TPSA) is 108 Å². The molecule has 1 saturated heterocycles. The average Bonchev–Trinajstić information content (AvgIpc) is 3.02. The molecule has 2 aromatic carbocycles. The number of thioether (sulfide) groups is 1. The normalized spacial score (nSPS) is 14.7. The quantitative estimate of drug-likeness (QED) is 0.530. The van der Waals surface area contributed by atoms with E-state index in [1.165, 1.54) is 13.2 Å². The standard InChI is InChI=1S/C23H23ClN2O6S/c1-13-4-5-14(2)17(8-13)31-7-6-26-22(28)19(33-23(26)29)11-15-9-16(24)21(18(10-15)30-3)32-12-20(25)27/h4-5,8-11H,6-7,12H2,1-3H3,(H2,25,27)/b19-11-. The number of halogens is 1. The van der Waals surface area contributed by atoms with Gasteiger partial charge in [-0.15, -0.1) is 0 Å². The maximum atomic E-state index is 12.8. The summed E-state index contributed by atoms with van der Waals surface area (Å²) >= 11 is 7.09. The number of benzene rings is 2. The molecule has 174 valence electrons. The highest BCUT2D eigenvalue weighted by Gasteiger charge is 2.35. The van der Waals surface area contributed by atoms with Crippen LogP contribution in [0.3, 0.4) is 0 Å². The minimum absolute atomic E-state index is 0.124. The first kappa shape index (κ1) is 24.5. The molecule has 1 fully saturated rings. The van der Waals surface area contributed by atoms with Crippen LogP contribution in [0.4, 0.5) is 4.79 Å². The van der Waals surface area contributed by atoms with Crippen molar-refractivity contribution in [2.75, 3.05) is 26.9 Å². The van der Waals surface area contributed by atoms with Crippen molar-refractivity contribution in [2.45, 2.75) is 13.8 Å². The smallest absolute Gasteiger partial charge is 0.293 e. The summed E-state index contributed by atoms with van der Waals surface area (Å²) in [6.07, 6.45) is 1.54. The molecule has 8 nitrogen and oxygen atoms in total. The predicted octanol–water partition coefficient (Wildman–Crippen LogP) is 3.94. The SMILES string of the molecule is COc1cc(/C=C2\SC(=O)N(CCOc3cc(C)ccc3C)C2=O)cc(Cl)c1OCC(N)=O. The molecule has 33 heavy (non-hydrogen) atoms. The zero-order chi connectivity index (χ0) is 24.1. The van der Waals surface area contributed by atoms with Crippen molar-refractivity contribution in [3.63, 3.8) is 0 Å². The molecular weight excluding hydrogens is 468 g/mol. The molecule has 1 aliphatic rings. The summed E-state index contributed by atoms with van der Waals surface area (Å²) in [6.45, 7) is 3.84. The number of ether oxygens (including phenoxy) is 3. The van der Waals surface area contributed by atoms with Crippen LogP contribution in [-0.4, -0.2) is 48.8 Å². The van der Waals surface area contributed by atoms with E-state index in [1.54, 1.807) is 12.1 Å². The van der Waals surface area contributed by atoms with E-state index in [1.807, 2.05) is 32.0 Å². The van der Waals surface area contributed by atoms with E-state index in [2.05, 4.69) is 0 Å². The Labute approximate surface area is 200 Å². The Balaban J connectivity index is 1.71. The van der Waals surface area contributed by atoms with Gasteiger partial charge in [-0.3, -0.25) is 19.3 Å². The molecule has 2 N–H and O–H groups in total. The van der Waals surface area contributed by atoms with Gasteiger partial charge in [0.05, 0.1) is 23.6 Å². The maximum absolute atomic E-state index is 12.8. The monoisotopic (exact) mass is 490 g/mol. The lowest BCUT2D eigenvalue weighted by Crippen LogP contribution is -2.32. The van der Waals surface area contributed by atoms with Crippen molar-refractivity contribution in [3.8, 4) is 17.2 Å². The summed E-state index contributed by atoms with van der Waals surface area (Å²) in [7, 11) is 1.41. The Bertz CT molecular complexity index is 1130. The van der Waals surface area contributed by atoms with E-state index < -0.39 is 11.8 Å². The lowest BCUT2D eigenvalue weighted by atomic mass is 10.1. The maximum Gasteiger partial charge on any atom is 0.293 e. The minimum Gasteiger partial charge on any atom is -0.493 e. The van der Waals surface area contributed by atoms with Gasteiger partial charge in [0.1, 0.15) is 12.4 Å². The Morgan fingerprint density at radius 2 is 1.91 bits per heavy atom. The molecule has 0 aromatic heterocycles. The number of carbonyl (C=O) groups excluding carboxylic acids is 3. The lowest BCUT2D eigenvalue weighted by Gasteiger charge is -2.14. The van der Waals surface area contributed by atoms with E-state index in [0.29, 0.717) is 5.56 Å². The number of imide groups is 1. The van der Waals surface area contributed by atoms with Gasteiger partial charge in [-0.2, -0.15) is 0 Å². The number of nitrogens with two attached hydrogens (primary N) is 1. The number of carbonyl (C=O) groups is 3. The highest BCUT2D eigenvalue weighted by molar-refractivity contribution is 8.18. The molecule has 0 radical (unpaired) electrons. The van der Waals surface area contributed by atoms with E-state index in [0.717, 1.165) is 33.5 Å². The Kier molecular flexibility index (Phi) is 7.88. The number of aryl methyl sites for hydroxylation is 2. The molecular formula is C23H23ClN2O6S. The third-order valence-corrected chi connectivity index (χ3v) is 5.89. The van der Waals surface area contributed by atoms with Crippen LogP contribution < -0.4 is 19.9 Å². The third-order valence-electron chi connectivity index (χ3n) is 4.70. The van der Waals surface area contributed by atoms with Gasteiger partial charge in [0, 0.05) is 0 Å². The molecule has 0 saturated carbocycles. The van der Waals surface area contributed by atoms with Crippen molar-refractivity contribution in [1.29, 1.82) is 0 Å². The summed E-state index contributed by atoms with van der Waals surface area (Å²) in [5, 5.41) is -0.210. The lowest BCUT2D eigenvalue weighted by molar-refractivity contribution is -0.123. The number of rotatable bonds is 9. The van der Waals surface area contributed by atoms with Gasteiger partial charge in [-0.25, -0.2) is 0 Å². The Hall–Kier alpha value is -3.17. The highest BCUT2D eigenvalue weighted by Crippen LogP contribution is 2.39. The van der Waals surface area contributed by atoms with E-state index in [9.17, 15) is 14.4 Å². The summed E-state index contributed by atoms with van der Waals surface area (Å²) in [5.74, 6) is 0.0620. The molecule has 0 spiro atoms. The summed E-state index contributed by atoms with van der Waals surface area (Å²) < 4.78 is 16.3. The first-order valence-electron chi connectivity index (χ1n) is 9.93. The fourth-order valence-electron chi connectivity index (χ4n) is 3.06. The first-order chi connectivity index (χ1) is 15.7. The van der Waals surface area contributed by atoms with Crippen LogP contribution in [0.25, 0.3) is 6.08 Å². The van der Waals surface area contributed by atoms with E-state index in [-0.39, 0.29) is 46.4 Å². The molecule has 0 atom stereocenters. The molecule has 1 heterocycles. The van der Waals surface area contributed by atoms with Gasteiger partial charge in [0.25, 0.3) is 17.1 Å². The van der Waals surface area contributed by atoms with Gasteiger partial charge >= 0.3 is 0 Å². The highest BCUT2D eigenvalue weighted by atomic mass is 35.5. The fourth-order valence-corrected chi connectivity index (χ4v) is 4.20. The summed E-state index contributed by atoms with van der Waals surface area (Å²) in [6, 6.07) is 8.98. The number of amides is 3. The zero-order valence-electron chi connectivity index (χ0n) is 18.3. The fraction of sp³-hybridized carbons (Fsp3) is 0.261. The molecule has 0 unspecified atom stereocenters. The van der Waals surface area contributed by atoms with Crippen molar-refractivity contribution < 1.29 is 28.6 Å². The van der Waals surface area contributed by atoms with Crippen LogP contribution in [-0.2, 0) is 9.59 Å². The minimum atomic E-state index is -0.660. The van der Waals surface area contributed by atoms with E-state index >= 15 is 0 Å². The molecule has 10 heteroatoms. The molecule has 0 aliphatic carbocycles. The van der Waals surface area contributed by atoms with Crippen LogP contribution >= 0.6 is 23.4 Å². The van der Waals surface area contributed by atoms with Crippen molar-refractivity contribution >= 4 is 46.5 Å². The summed E-state index contributed by atoms with van der Waals surface area (Å²) in [4.78, 5) is 37.6. The van der Waals surface area contributed by atoms with Crippen LogP contribution in [0.2, 0.25) is 5.02 Å². The summed E-state index contributed by atoms with van der Waals surface area (Å²) in [5.41, 5.74) is 7.66. The predicted molar refractivity (Wildman–Crippen MR) is 127 cm³/mol. The van der Waals surface area contributed by atoms with Gasteiger partial charge in [0.2, 0.25) is 0 Å². The van der Waals surface area contributed by atoms with Crippen molar-refractivity contribution in [1.82, 2.24) is 4.90 Å². The van der Waals surface area contributed by atoms with Crippen molar-refractivity contribution in [2.24, 2.45) is 5.73 Å². The second-order valence-electron chi connectivity index (χ2n) is 7.24. The number of nitrogens with zero attached hydrogens (tertiary/aromatic N) is 1. The molecule has 3 amide bonds. The Morgan fingerprint density at radius 3 is 2.61 bits per heavy atom. The second-order valence-corrected chi connectivity index (χ2v) is 8.64. The molecule has 0 bridgehead atoms. The van der Waals surface area contributed by atoms with Gasteiger partial charge < -0.3 is 19.9 Å². The number of methoxy groups -OCH3 is 1. The number of hydrogen-bond acceptors (Lipinski definition) is 7. The van der Waals surface area contributed by atoms with Gasteiger partial charge in [-0.05, 0) is 66.6 Å². The number of hydrogen-bond donors (Lipinski definition) is 1. The molecule has 3 rings (SSSR count). The van der Waals surface area contributed by atoms with Crippen LogP contribution in [0.15, 0.2) is 35.2 Å². The first-order valence-corrected chi connectivity index (χ1v) is 11.1. The zero-order valence-corrected chi connectivity index (χ0v) is 19.9. The van der Waals surface area contributed by atoms with Crippen LogP contribution in [0.5, 0.6) is 17.2 Å². The number of primary amides is 1. The van der Waals surface area contributed by atoms with E-state index in [4.69, 9.17) is 31.5 Å². The Morgan fingerprint density at radius 1 is 1.15 bits per heavy atom. The van der Waals surface area contributed by atoms with Gasteiger partial charge in [0.15, 0.2) is 18.1 Å². The largest absolute Gasteiger partial charge is 0.493 e. The van der Waals surface area contributed by atoms with Crippen LogP contribution in [0, 0.1) is 13.8 Å². The van der Waals surface area contributed by atoms with Gasteiger partial charge in [-0.1, -0.05) is 23.7 Å². The van der Waals surface area contributed by atoms with Crippen molar-refractivity contribution in [3.05, 3.63) is 56.9 Å². The second kappa shape index (κ2) is 10.6.